The van der Waals surface area contributed by atoms with Crippen LogP contribution in [0.3, 0.4) is 0 Å². The van der Waals surface area contributed by atoms with E-state index in [-0.39, 0.29) is 28.3 Å². The number of hydrogen-bond acceptors (Lipinski definition) is 5. The molecule has 144 valence electrons. The first-order chi connectivity index (χ1) is 13.2. The molecule has 0 saturated carbocycles. The molecule has 27 heavy (non-hydrogen) atoms. The lowest BCUT2D eigenvalue weighted by Gasteiger charge is -2.33. The number of benzene rings is 1. The van der Waals surface area contributed by atoms with Crippen molar-refractivity contribution in [2.24, 2.45) is 0 Å². The predicted molar refractivity (Wildman–Crippen MR) is 88.2 cm³/mol. The molecule has 0 radical (unpaired) electrons. The highest BCUT2D eigenvalue weighted by Crippen LogP contribution is 2.41. The number of nitrogens with zero attached hydrogens (tertiary/aromatic N) is 1. The van der Waals surface area contributed by atoms with Crippen molar-refractivity contribution in [3.63, 3.8) is 0 Å². The second-order valence-corrected chi connectivity index (χ2v) is 5.60. The number of hydrogen-bond donors (Lipinski definition) is 1. The lowest BCUT2D eigenvalue weighted by molar-refractivity contribution is -0.251. The molecule has 0 spiro atoms. The molecule has 3 rings (SSSR count). The van der Waals surface area contributed by atoms with Gasteiger partial charge in [-0.3, -0.25) is 9.78 Å². The number of halogens is 3. The summed E-state index contributed by atoms with van der Waals surface area (Å²) in [5, 5.41) is 2.67. The van der Waals surface area contributed by atoms with E-state index in [0.717, 1.165) is 0 Å². The number of para-hydroxylation sites is 1. The Kier molecular flexibility index (Phi) is 5.92. The first-order valence-corrected chi connectivity index (χ1v) is 8.12. The van der Waals surface area contributed by atoms with E-state index in [4.69, 9.17) is 14.2 Å². The zero-order valence-corrected chi connectivity index (χ0v) is 14.2. The number of amides is 1. The highest BCUT2D eigenvalue weighted by molar-refractivity contribution is 5.96. The highest BCUT2D eigenvalue weighted by atomic mass is 19.1. The molecule has 0 atom stereocenters. The van der Waals surface area contributed by atoms with Gasteiger partial charge in [-0.05, 0) is 18.2 Å². The monoisotopic (exact) mass is 382 g/mol. The fourth-order valence-corrected chi connectivity index (χ4v) is 3.05. The van der Waals surface area contributed by atoms with Crippen molar-refractivity contribution in [2.45, 2.75) is 12.2 Å². The smallest absolute Gasteiger partial charge is 0.253 e. The molecule has 1 amide bonds. The van der Waals surface area contributed by atoms with Gasteiger partial charge in [0.2, 0.25) is 12.6 Å². The fourth-order valence-electron chi connectivity index (χ4n) is 3.05. The van der Waals surface area contributed by atoms with Gasteiger partial charge in [0.05, 0.1) is 16.8 Å². The van der Waals surface area contributed by atoms with E-state index < -0.39 is 26.4 Å². The maximum atomic E-state index is 13.3. The minimum atomic E-state index is -2.12. The van der Waals surface area contributed by atoms with Crippen molar-refractivity contribution in [3.8, 4) is 5.75 Å². The largest absolute Gasteiger partial charge is 0.462 e. The Morgan fingerprint density at radius 3 is 2.56 bits per heavy atom. The number of fused-ring (bicyclic) bond motifs is 1. The summed E-state index contributed by atoms with van der Waals surface area (Å²) < 4.78 is 54.6. The van der Waals surface area contributed by atoms with Crippen LogP contribution in [0.5, 0.6) is 5.75 Å². The third kappa shape index (κ3) is 3.60. The van der Waals surface area contributed by atoms with Crippen LogP contribution >= 0.6 is 0 Å². The molecule has 0 aliphatic carbocycles. The SMILES string of the molecule is O=C1NCCc2ncc(C(OCF)(OCF)c3ccccc3OCF)cc21. The predicted octanol–water partition coefficient (Wildman–Crippen LogP) is 2.76. The number of carbonyl (C=O) groups is 1. The molecule has 2 aromatic rings. The van der Waals surface area contributed by atoms with Crippen LogP contribution in [0.4, 0.5) is 13.2 Å². The highest BCUT2D eigenvalue weighted by Gasteiger charge is 2.41. The van der Waals surface area contributed by atoms with E-state index in [1.54, 1.807) is 12.1 Å². The summed E-state index contributed by atoms with van der Waals surface area (Å²) in [6.07, 6.45) is 1.83. The minimum Gasteiger partial charge on any atom is -0.462 e. The number of aromatic nitrogens is 1. The van der Waals surface area contributed by atoms with E-state index >= 15 is 0 Å². The molecule has 0 saturated heterocycles. The third-order valence-electron chi connectivity index (χ3n) is 4.21. The first-order valence-electron chi connectivity index (χ1n) is 8.12. The van der Waals surface area contributed by atoms with Gasteiger partial charge in [0.15, 0.2) is 13.7 Å². The summed E-state index contributed by atoms with van der Waals surface area (Å²) in [6, 6.07) is 7.34. The normalized spacial score (nSPS) is 13.8. The van der Waals surface area contributed by atoms with Crippen LogP contribution in [-0.4, -0.2) is 38.0 Å². The van der Waals surface area contributed by atoms with Crippen molar-refractivity contribution in [3.05, 3.63) is 58.9 Å². The van der Waals surface area contributed by atoms with E-state index in [9.17, 15) is 18.0 Å². The quantitative estimate of drug-likeness (QED) is 0.711. The lowest BCUT2D eigenvalue weighted by Crippen LogP contribution is -2.37. The molecule has 0 unspecified atom stereocenters. The number of rotatable bonds is 8. The average Bonchev–Trinajstić information content (AvgIpc) is 2.68. The summed E-state index contributed by atoms with van der Waals surface area (Å²) in [4.78, 5) is 16.4. The van der Waals surface area contributed by atoms with Crippen LogP contribution in [0, 0.1) is 0 Å². The Hall–Kier alpha value is -2.65. The Balaban J connectivity index is 2.20. The second kappa shape index (κ2) is 8.36. The van der Waals surface area contributed by atoms with E-state index in [0.29, 0.717) is 18.7 Å². The molecule has 2 heterocycles. The lowest BCUT2D eigenvalue weighted by atomic mass is 9.94. The van der Waals surface area contributed by atoms with Gasteiger partial charge in [0.1, 0.15) is 5.75 Å². The first kappa shape index (κ1) is 19.1. The molecule has 1 aliphatic rings. The van der Waals surface area contributed by atoms with Gasteiger partial charge < -0.3 is 19.5 Å². The maximum absolute atomic E-state index is 13.3. The molecule has 1 aromatic carbocycles. The van der Waals surface area contributed by atoms with Crippen LogP contribution in [0.25, 0.3) is 0 Å². The summed E-state index contributed by atoms with van der Waals surface area (Å²) in [6.45, 7) is -3.40. The number of alkyl halides is 3. The summed E-state index contributed by atoms with van der Waals surface area (Å²) in [5.41, 5.74) is 0.904. The van der Waals surface area contributed by atoms with Crippen LogP contribution < -0.4 is 10.1 Å². The van der Waals surface area contributed by atoms with Gasteiger partial charge in [0, 0.05) is 24.7 Å². The topological polar surface area (TPSA) is 69.7 Å². The molecule has 0 bridgehead atoms. The Bertz CT molecular complexity index is 813. The molecule has 1 aromatic heterocycles. The third-order valence-corrected chi connectivity index (χ3v) is 4.21. The van der Waals surface area contributed by atoms with Crippen LogP contribution in [0.15, 0.2) is 36.5 Å². The van der Waals surface area contributed by atoms with E-state index in [1.165, 1.54) is 24.4 Å². The van der Waals surface area contributed by atoms with Crippen LogP contribution in [0.1, 0.15) is 27.2 Å². The Morgan fingerprint density at radius 2 is 1.85 bits per heavy atom. The Morgan fingerprint density at radius 1 is 1.11 bits per heavy atom. The zero-order chi connectivity index (χ0) is 19.3. The van der Waals surface area contributed by atoms with Gasteiger partial charge in [-0.25, -0.2) is 13.2 Å². The standard InChI is InChI=1S/C18H17F3N2O4/c19-9-25-16-4-2-1-3-14(16)18(26-10-20,27-11-21)12-7-13-15(23-8-12)5-6-22-17(13)24/h1-4,7-8H,5-6,9-11H2,(H,22,24). The Labute approximate surface area is 153 Å². The van der Waals surface area contributed by atoms with Crippen LogP contribution in [-0.2, 0) is 21.7 Å². The van der Waals surface area contributed by atoms with E-state index in [1.807, 2.05) is 0 Å². The van der Waals surface area contributed by atoms with Gasteiger partial charge >= 0.3 is 0 Å². The van der Waals surface area contributed by atoms with Crippen molar-refractivity contribution in [1.29, 1.82) is 0 Å². The zero-order valence-electron chi connectivity index (χ0n) is 14.2. The fraction of sp³-hybridized carbons (Fsp3) is 0.333. The van der Waals surface area contributed by atoms with Gasteiger partial charge in [-0.2, -0.15) is 0 Å². The molecular formula is C18H17F3N2O4. The van der Waals surface area contributed by atoms with Crippen LogP contribution in [0.2, 0.25) is 0 Å². The van der Waals surface area contributed by atoms with Crippen molar-refractivity contribution >= 4 is 5.91 Å². The number of nitrogens with one attached hydrogen (secondary N) is 1. The number of carbonyl (C=O) groups excluding carboxylic acids is 1. The van der Waals surface area contributed by atoms with Crippen molar-refractivity contribution < 1.29 is 32.2 Å². The average molecular weight is 382 g/mol. The molecule has 6 nitrogen and oxygen atoms in total. The van der Waals surface area contributed by atoms with Gasteiger partial charge in [0.25, 0.3) is 5.91 Å². The van der Waals surface area contributed by atoms with Crippen molar-refractivity contribution in [2.75, 3.05) is 27.1 Å². The molecular weight excluding hydrogens is 365 g/mol. The van der Waals surface area contributed by atoms with Gasteiger partial charge in [-0.1, -0.05) is 12.1 Å². The van der Waals surface area contributed by atoms with E-state index in [2.05, 4.69) is 10.3 Å². The van der Waals surface area contributed by atoms with Crippen molar-refractivity contribution in [1.82, 2.24) is 10.3 Å². The summed E-state index contributed by atoms with van der Waals surface area (Å²) in [5.74, 6) is -2.51. The molecule has 0 fully saturated rings. The number of ether oxygens (including phenoxy) is 3. The van der Waals surface area contributed by atoms with Gasteiger partial charge in [-0.15, -0.1) is 0 Å². The maximum Gasteiger partial charge on any atom is 0.253 e. The summed E-state index contributed by atoms with van der Waals surface area (Å²) >= 11 is 0. The minimum absolute atomic E-state index is 0.0240. The molecule has 9 heteroatoms. The molecule has 1 N–H and O–H groups in total. The second-order valence-electron chi connectivity index (χ2n) is 5.60. The molecule has 1 aliphatic heterocycles. The number of pyridine rings is 1. The summed E-state index contributed by atoms with van der Waals surface area (Å²) in [7, 11) is 0.